The Morgan fingerprint density at radius 1 is 1.35 bits per heavy atom. The van der Waals surface area contributed by atoms with Crippen LogP contribution in [0, 0.1) is 13.8 Å². The third-order valence-electron chi connectivity index (χ3n) is 3.04. The summed E-state index contributed by atoms with van der Waals surface area (Å²) in [5.74, 6) is 2.35. The van der Waals surface area contributed by atoms with E-state index < -0.39 is 0 Å². The van der Waals surface area contributed by atoms with E-state index in [4.69, 9.17) is 0 Å². The van der Waals surface area contributed by atoms with Crippen LogP contribution in [0.15, 0.2) is 11.5 Å². The molecule has 0 aliphatic carbocycles. The molecule has 0 aliphatic rings. The molecule has 0 radical (unpaired) electrons. The van der Waals surface area contributed by atoms with Crippen LogP contribution in [0.25, 0.3) is 10.2 Å². The van der Waals surface area contributed by atoms with Gasteiger partial charge in [-0.15, -0.1) is 11.3 Å². The van der Waals surface area contributed by atoms with Gasteiger partial charge in [-0.05, 0) is 19.4 Å². The highest BCUT2D eigenvalue weighted by Gasteiger charge is 2.14. The number of H-pyrrole nitrogens is 1. The molecule has 0 aliphatic heterocycles. The zero-order chi connectivity index (χ0) is 14.1. The quantitative estimate of drug-likeness (QED) is 0.722. The summed E-state index contributed by atoms with van der Waals surface area (Å²) in [6, 6.07) is 0. The van der Waals surface area contributed by atoms with Gasteiger partial charge < -0.3 is 5.32 Å². The minimum atomic E-state index is 0.663. The Morgan fingerprint density at radius 2 is 2.20 bits per heavy atom. The molecule has 6 nitrogen and oxygen atoms in total. The summed E-state index contributed by atoms with van der Waals surface area (Å²) in [5.41, 5.74) is 1.25. The maximum absolute atomic E-state index is 4.65. The number of rotatable bonds is 4. The van der Waals surface area contributed by atoms with Crippen molar-refractivity contribution in [3.05, 3.63) is 22.6 Å². The van der Waals surface area contributed by atoms with Crippen molar-refractivity contribution in [1.82, 2.24) is 25.1 Å². The molecule has 0 saturated heterocycles. The lowest BCUT2D eigenvalue weighted by molar-refractivity contribution is 0.968. The van der Waals surface area contributed by atoms with Crippen LogP contribution >= 0.6 is 23.1 Å². The first-order chi connectivity index (χ1) is 9.69. The van der Waals surface area contributed by atoms with Gasteiger partial charge in [0.15, 0.2) is 5.16 Å². The maximum Gasteiger partial charge on any atom is 0.183 e. The maximum atomic E-state index is 4.65. The lowest BCUT2D eigenvalue weighted by Crippen LogP contribution is -2.00. The Labute approximate surface area is 124 Å². The molecule has 8 heteroatoms. The summed E-state index contributed by atoms with van der Waals surface area (Å²) < 4.78 is 0. The molecule has 3 rings (SSSR count). The Bertz CT molecular complexity index is 734. The molecule has 20 heavy (non-hydrogen) atoms. The second-order valence-electron chi connectivity index (χ2n) is 4.28. The van der Waals surface area contributed by atoms with E-state index in [9.17, 15) is 0 Å². The number of nitrogens with zero attached hydrogens (tertiary/aromatic N) is 4. The van der Waals surface area contributed by atoms with Gasteiger partial charge in [0.1, 0.15) is 22.8 Å². The molecule has 0 saturated carbocycles. The number of nitrogens with one attached hydrogen (secondary N) is 2. The zero-order valence-corrected chi connectivity index (χ0v) is 13.0. The molecule has 3 heterocycles. The van der Waals surface area contributed by atoms with Gasteiger partial charge in [-0.2, -0.15) is 5.10 Å². The Balaban J connectivity index is 1.96. The number of thiophene rings is 1. The first-order valence-corrected chi connectivity index (χ1v) is 7.91. The standard InChI is InChI=1S/C12H14N6S2/c1-6-7(2)20-11-9(6)10(13-3)16-8(17-11)4-19-12-14-5-15-18-12/h5H,4H2,1-3H3,(H,13,16,17)(H,14,15,18). The predicted molar refractivity (Wildman–Crippen MR) is 82.4 cm³/mol. The van der Waals surface area contributed by atoms with E-state index in [1.165, 1.54) is 16.8 Å². The van der Waals surface area contributed by atoms with E-state index in [0.717, 1.165) is 27.0 Å². The van der Waals surface area contributed by atoms with Crippen LogP contribution in [-0.2, 0) is 5.75 Å². The highest BCUT2D eigenvalue weighted by molar-refractivity contribution is 7.98. The van der Waals surface area contributed by atoms with Gasteiger partial charge in [-0.3, -0.25) is 5.10 Å². The van der Waals surface area contributed by atoms with Gasteiger partial charge in [-0.25, -0.2) is 15.0 Å². The average Bonchev–Trinajstić information content (AvgIpc) is 3.05. The van der Waals surface area contributed by atoms with Crippen LogP contribution in [0.3, 0.4) is 0 Å². The summed E-state index contributed by atoms with van der Waals surface area (Å²) in [6.45, 7) is 4.23. The summed E-state index contributed by atoms with van der Waals surface area (Å²) in [4.78, 5) is 15.6. The topological polar surface area (TPSA) is 79.4 Å². The van der Waals surface area contributed by atoms with E-state index in [1.54, 1.807) is 23.1 Å². The minimum absolute atomic E-state index is 0.663. The van der Waals surface area contributed by atoms with Gasteiger partial charge in [0.25, 0.3) is 0 Å². The summed E-state index contributed by atoms with van der Waals surface area (Å²) in [5, 5.41) is 11.7. The Kier molecular flexibility index (Phi) is 3.58. The summed E-state index contributed by atoms with van der Waals surface area (Å²) in [6.07, 6.45) is 1.50. The molecule has 3 aromatic heterocycles. The van der Waals surface area contributed by atoms with Crippen molar-refractivity contribution in [3.63, 3.8) is 0 Å². The normalized spacial score (nSPS) is 11.2. The molecule has 0 aromatic carbocycles. The Morgan fingerprint density at radius 3 is 2.90 bits per heavy atom. The first kappa shape index (κ1) is 13.3. The molecule has 104 valence electrons. The number of fused-ring (bicyclic) bond motifs is 1. The van der Waals surface area contributed by atoms with Crippen LogP contribution in [0.4, 0.5) is 5.82 Å². The lowest BCUT2D eigenvalue weighted by atomic mass is 10.2. The molecule has 3 aromatic rings. The average molecular weight is 306 g/mol. The minimum Gasteiger partial charge on any atom is -0.372 e. The smallest absolute Gasteiger partial charge is 0.183 e. The number of thioether (sulfide) groups is 1. The third kappa shape index (κ3) is 2.36. The molecular weight excluding hydrogens is 292 g/mol. The first-order valence-electron chi connectivity index (χ1n) is 6.11. The van der Waals surface area contributed by atoms with Gasteiger partial charge >= 0.3 is 0 Å². The molecule has 0 atom stereocenters. The lowest BCUT2D eigenvalue weighted by Gasteiger charge is -2.05. The fraction of sp³-hybridized carbons (Fsp3) is 0.333. The predicted octanol–water partition coefficient (Wildman–Crippen LogP) is 2.76. The molecule has 0 spiro atoms. The molecule has 0 bridgehead atoms. The number of hydrogen-bond acceptors (Lipinski definition) is 7. The molecular formula is C12H14N6S2. The van der Waals surface area contributed by atoms with Gasteiger partial charge in [-0.1, -0.05) is 11.8 Å². The van der Waals surface area contributed by atoms with E-state index in [-0.39, 0.29) is 0 Å². The molecule has 0 fully saturated rings. The number of hydrogen-bond donors (Lipinski definition) is 2. The van der Waals surface area contributed by atoms with Crippen molar-refractivity contribution in [2.24, 2.45) is 0 Å². The highest BCUT2D eigenvalue weighted by atomic mass is 32.2. The number of aromatic amines is 1. The molecule has 2 N–H and O–H groups in total. The molecule has 0 unspecified atom stereocenters. The monoisotopic (exact) mass is 306 g/mol. The number of aryl methyl sites for hydroxylation is 2. The van der Waals surface area contributed by atoms with Gasteiger partial charge in [0, 0.05) is 11.9 Å². The van der Waals surface area contributed by atoms with Crippen molar-refractivity contribution < 1.29 is 0 Å². The van der Waals surface area contributed by atoms with E-state index in [2.05, 4.69) is 44.3 Å². The van der Waals surface area contributed by atoms with Gasteiger partial charge in [0.2, 0.25) is 0 Å². The SMILES string of the molecule is CNc1nc(CSc2ncn[nH]2)nc2sc(C)c(C)c12. The fourth-order valence-corrected chi connectivity index (χ4v) is 3.62. The number of anilines is 1. The van der Waals surface area contributed by atoms with Crippen molar-refractivity contribution in [3.8, 4) is 0 Å². The van der Waals surface area contributed by atoms with E-state index in [0.29, 0.717) is 5.75 Å². The van der Waals surface area contributed by atoms with Crippen LogP contribution in [-0.4, -0.2) is 32.2 Å². The van der Waals surface area contributed by atoms with Crippen molar-refractivity contribution >= 4 is 39.1 Å². The van der Waals surface area contributed by atoms with Crippen molar-refractivity contribution in [2.75, 3.05) is 12.4 Å². The Hall–Kier alpha value is -1.67. The van der Waals surface area contributed by atoms with Crippen LogP contribution in [0.1, 0.15) is 16.3 Å². The second-order valence-corrected chi connectivity index (χ2v) is 6.45. The van der Waals surface area contributed by atoms with E-state index >= 15 is 0 Å². The van der Waals surface area contributed by atoms with Crippen molar-refractivity contribution in [2.45, 2.75) is 24.8 Å². The fourth-order valence-electron chi connectivity index (χ4n) is 1.94. The van der Waals surface area contributed by atoms with Crippen molar-refractivity contribution in [1.29, 1.82) is 0 Å². The van der Waals surface area contributed by atoms with Crippen LogP contribution in [0.2, 0.25) is 0 Å². The zero-order valence-electron chi connectivity index (χ0n) is 11.4. The van der Waals surface area contributed by atoms with Crippen LogP contribution in [0.5, 0.6) is 0 Å². The summed E-state index contributed by atoms with van der Waals surface area (Å²) in [7, 11) is 1.89. The summed E-state index contributed by atoms with van der Waals surface area (Å²) >= 11 is 3.25. The van der Waals surface area contributed by atoms with Gasteiger partial charge in [0.05, 0.1) is 11.1 Å². The molecule has 0 amide bonds. The number of aromatic nitrogens is 5. The highest BCUT2D eigenvalue weighted by Crippen LogP contribution is 2.33. The largest absolute Gasteiger partial charge is 0.372 e. The second kappa shape index (κ2) is 5.37. The van der Waals surface area contributed by atoms with E-state index in [1.807, 2.05) is 7.05 Å². The third-order valence-corrected chi connectivity index (χ3v) is 5.02. The van der Waals surface area contributed by atoms with Crippen LogP contribution < -0.4 is 5.32 Å².